The number of nitrogen functional groups attached to an aromatic ring is 1. The van der Waals surface area contributed by atoms with Crippen LogP contribution in [0.4, 0.5) is 10.2 Å². The molecule has 0 spiro atoms. The maximum atomic E-state index is 14.0. The molecule has 7 nitrogen and oxygen atoms in total. The number of carbonyl (C=O) groups is 1. The lowest BCUT2D eigenvalue weighted by molar-refractivity contribution is 0.0550. The predicted molar refractivity (Wildman–Crippen MR) is 138 cm³/mol. The molecule has 188 valence electrons. The monoisotopic (exact) mass is 549 g/mol. The summed E-state index contributed by atoms with van der Waals surface area (Å²) in [5, 5.41) is 12.3. The number of thiophene rings is 1. The number of rotatable bonds is 5. The van der Waals surface area contributed by atoms with Crippen LogP contribution in [-0.2, 0) is 0 Å². The molecule has 0 aliphatic carbocycles. The molecule has 1 amide bonds. The highest BCUT2D eigenvalue weighted by Crippen LogP contribution is 2.42. The van der Waals surface area contributed by atoms with Crippen LogP contribution in [0.3, 0.4) is 0 Å². The van der Waals surface area contributed by atoms with Gasteiger partial charge in [0.15, 0.2) is 11.4 Å². The van der Waals surface area contributed by atoms with Crippen molar-refractivity contribution < 1.29 is 23.4 Å². The largest absolute Gasteiger partial charge is 0.478 e. The van der Waals surface area contributed by atoms with Gasteiger partial charge in [0, 0.05) is 35.4 Å². The molecule has 1 atom stereocenters. The molecule has 3 aromatic heterocycles. The fourth-order valence-corrected chi connectivity index (χ4v) is 5.83. The first kappa shape index (κ1) is 24.8. The maximum absolute atomic E-state index is 14.0. The van der Waals surface area contributed by atoms with Crippen LogP contribution >= 0.6 is 34.5 Å². The van der Waals surface area contributed by atoms with Gasteiger partial charge < -0.3 is 24.9 Å². The first-order valence-electron chi connectivity index (χ1n) is 11.3. The van der Waals surface area contributed by atoms with E-state index in [0.717, 1.165) is 11.1 Å². The zero-order valence-corrected chi connectivity index (χ0v) is 21.5. The van der Waals surface area contributed by atoms with E-state index in [-0.39, 0.29) is 39.2 Å². The predicted octanol–water partition coefficient (Wildman–Crippen LogP) is 6.32. The van der Waals surface area contributed by atoms with E-state index in [9.17, 15) is 14.3 Å². The van der Waals surface area contributed by atoms with E-state index in [0.29, 0.717) is 41.8 Å². The third-order valence-corrected chi connectivity index (χ3v) is 7.89. The number of furan rings is 1. The van der Waals surface area contributed by atoms with Gasteiger partial charge in [0.25, 0.3) is 5.91 Å². The van der Waals surface area contributed by atoms with Gasteiger partial charge in [-0.1, -0.05) is 23.2 Å². The summed E-state index contributed by atoms with van der Waals surface area (Å²) in [5.41, 5.74) is 8.26. The fraction of sp³-hybridized carbons (Fsp3) is 0.280. The Kier molecular flexibility index (Phi) is 6.82. The minimum Gasteiger partial charge on any atom is -0.478 e. The number of hydrogen-bond donors (Lipinski definition) is 2. The minimum absolute atomic E-state index is 0.0602. The van der Waals surface area contributed by atoms with Crippen LogP contribution in [0.1, 0.15) is 41.1 Å². The SMILES string of the molecule is CC(Oc1c(N)ncc2c(-c3csc(C(=O)N4CCC(O)CC4)c3)coc12)c1c(Cl)ccc(F)c1Cl. The van der Waals surface area contributed by atoms with Crippen molar-refractivity contribution >= 4 is 57.2 Å². The second-order valence-electron chi connectivity index (χ2n) is 8.60. The number of aliphatic hydroxyl groups excluding tert-OH is 1. The van der Waals surface area contributed by atoms with Crippen molar-refractivity contribution in [3.05, 3.63) is 62.3 Å². The van der Waals surface area contributed by atoms with Crippen molar-refractivity contribution in [2.24, 2.45) is 0 Å². The van der Waals surface area contributed by atoms with Crippen molar-refractivity contribution in [3.8, 4) is 16.9 Å². The Morgan fingerprint density at radius 1 is 1.36 bits per heavy atom. The van der Waals surface area contributed by atoms with Crippen molar-refractivity contribution in [1.82, 2.24) is 9.88 Å². The summed E-state index contributed by atoms with van der Waals surface area (Å²) in [5.74, 6) is -0.400. The third kappa shape index (κ3) is 4.52. The summed E-state index contributed by atoms with van der Waals surface area (Å²) in [4.78, 5) is 19.5. The lowest BCUT2D eigenvalue weighted by atomic mass is 10.1. The molecular weight excluding hydrogens is 528 g/mol. The van der Waals surface area contributed by atoms with Crippen LogP contribution in [0.2, 0.25) is 10.0 Å². The van der Waals surface area contributed by atoms with E-state index in [1.165, 1.54) is 23.5 Å². The second kappa shape index (κ2) is 9.89. The summed E-state index contributed by atoms with van der Waals surface area (Å²) < 4.78 is 25.9. The number of hydrogen-bond acceptors (Lipinski definition) is 7. The number of piperidine rings is 1. The zero-order chi connectivity index (χ0) is 25.6. The number of carbonyl (C=O) groups excluding carboxylic acids is 1. The van der Waals surface area contributed by atoms with Crippen molar-refractivity contribution in [3.63, 3.8) is 0 Å². The van der Waals surface area contributed by atoms with Crippen LogP contribution in [0.5, 0.6) is 5.75 Å². The number of pyridine rings is 1. The van der Waals surface area contributed by atoms with Gasteiger partial charge in [-0.3, -0.25) is 4.79 Å². The van der Waals surface area contributed by atoms with Crippen molar-refractivity contribution in [2.45, 2.75) is 32.0 Å². The molecule has 0 radical (unpaired) electrons. The molecule has 1 fully saturated rings. The van der Waals surface area contributed by atoms with E-state index in [1.54, 1.807) is 24.3 Å². The van der Waals surface area contributed by atoms with E-state index in [1.807, 2.05) is 11.4 Å². The topological polar surface area (TPSA) is 102 Å². The Balaban J connectivity index is 1.45. The minimum atomic E-state index is -0.752. The average Bonchev–Trinajstić information content (AvgIpc) is 3.51. The molecule has 0 bridgehead atoms. The molecule has 3 N–H and O–H groups in total. The Morgan fingerprint density at radius 2 is 2.11 bits per heavy atom. The number of nitrogens with zero attached hydrogens (tertiary/aromatic N) is 2. The van der Waals surface area contributed by atoms with Crippen molar-refractivity contribution in [2.75, 3.05) is 18.8 Å². The normalized spacial score (nSPS) is 15.4. The molecule has 1 aromatic carbocycles. The first-order chi connectivity index (χ1) is 17.2. The van der Waals surface area contributed by atoms with E-state index >= 15 is 0 Å². The Morgan fingerprint density at radius 3 is 2.86 bits per heavy atom. The standard InChI is InChI=1S/C25H22Cl2FN3O4S/c1-12(20-17(26)2-3-18(28)21(20)27)35-23-22-15(9-30-24(23)29)16(10-34-22)13-8-19(36-11-13)25(33)31-6-4-14(32)5-7-31/h2-3,8-12,14,32H,4-7H2,1H3,(H2,29,30). The van der Waals surface area contributed by atoms with Gasteiger partial charge in [-0.15, -0.1) is 11.3 Å². The number of aliphatic hydroxyl groups is 1. The van der Waals surface area contributed by atoms with Crippen molar-refractivity contribution in [1.29, 1.82) is 0 Å². The molecule has 11 heteroatoms. The van der Waals surface area contributed by atoms with Crippen LogP contribution in [0, 0.1) is 5.82 Å². The number of anilines is 1. The molecule has 36 heavy (non-hydrogen) atoms. The molecular formula is C25H22Cl2FN3O4S. The summed E-state index contributed by atoms with van der Waals surface area (Å²) >= 11 is 13.7. The number of halogens is 3. The Labute approximate surface area is 220 Å². The lowest BCUT2D eigenvalue weighted by Gasteiger charge is -2.29. The highest BCUT2D eigenvalue weighted by Gasteiger charge is 2.26. The van der Waals surface area contributed by atoms with E-state index in [4.69, 9.17) is 38.1 Å². The summed E-state index contributed by atoms with van der Waals surface area (Å²) in [6.45, 7) is 2.73. The number of aromatic nitrogens is 1. The Hall–Kier alpha value is -2.85. The number of likely N-dealkylation sites (tertiary alicyclic amines) is 1. The number of benzene rings is 1. The molecule has 4 aromatic rings. The molecule has 1 aliphatic rings. The molecule has 0 saturated carbocycles. The first-order valence-corrected chi connectivity index (χ1v) is 12.9. The number of amides is 1. The van der Waals surface area contributed by atoms with E-state index in [2.05, 4.69) is 4.98 Å². The molecule has 1 saturated heterocycles. The Bertz CT molecular complexity index is 1450. The maximum Gasteiger partial charge on any atom is 0.263 e. The highest BCUT2D eigenvalue weighted by atomic mass is 35.5. The van der Waals surface area contributed by atoms with Gasteiger partial charge in [0.2, 0.25) is 5.75 Å². The van der Waals surface area contributed by atoms with Crippen LogP contribution < -0.4 is 10.5 Å². The van der Waals surface area contributed by atoms with Crippen LogP contribution in [-0.4, -0.2) is 40.1 Å². The number of ether oxygens (including phenoxy) is 1. The van der Waals surface area contributed by atoms with Gasteiger partial charge in [-0.05, 0) is 48.9 Å². The second-order valence-corrected chi connectivity index (χ2v) is 10.3. The zero-order valence-electron chi connectivity index (χ0n) is 19.1. The van der Waals surface area contributed by atoms with Gasteiger partial charge in [0.05, 0.1) is 27.7 Å². The van der Waals surface area contributed by atoms with Gasteiger partial charge in [-0.2, -0.15) is 0 Å². The smallest absolute Gasteiger partial charge is 0.263 e. The molecule has 5 rings (SSSR count). The van der Waals surface area contributed by atoms with Gasteiger partial charge in [0.1, 0.15) is 11.9 Å². The summed E-state index contributed by atoms with van der Waals surface area (Å²) in [7, 11) is 0. The third-order valence-electron chi connectivity index (χ3n) is 6.25. The quantitative estimate of drug-likeness (QED) is 0.282. The fourth-order valence-electron chi connectivity index (χ4n) is 4.28. The lowest BCUT2D eigenvalue weighted by Crippen LogP contribution is -2.39. The van der Waals surface area contributed by atoms with Gasteiger partial charge >= 0.3 is 0 Å². The number of fused-ring (bicyclic) bond motifs is 1. The highest BCUT2D eigenvalue weighted by molar-refractivity contribution is 7.12. The average molecular weight is 550 g/mol. The molecule has 1 aliphatic heterocycles. The summed E-state index contributed by atoms with van der Waals surface area (Å²) in [6.07, 6.45) is 3.19. The summed E-state index contributed by atoms with van der Waals surface area (Å²) in [6, 6.07) is 4.41. The molecule has 4 heterocycles. The van der Waals surface area contributed by atoms with Crippen LogP contribution in [0.15, 0.2) is 40.5 Å². The van der Waals surface area contributed by atoms with E-state index < -0.39 is 11.9 Å². The van der Waals surface area contributed by atoms with Gasteiger partial charge in [-0.25, -0.2) is 9.37 Å². The molecule has 1 unspecified atom stereocenters. The van der Waals surface area contributed by atoms with Crippen LogP contribution in [0.25, 0.3) is 22.1 Å². The number of nitrogens with two attached hydrogens (primary N) is 1.